The van der Waals surface area contributed by atoms with Gasteiger partial charge in [-0.2, -0.15) is 11.3 Å². The number of thiophene rings is 1. The van der Waals surface area contributed by atoms with Crippen molar-refractivity contribution in [1.29, 1.82) is 0 Å². The number of rotatable bonds is 6. The van der Waals surface area contributed by atoms with Gasteiger partial charge in [0, 0.05) is 23.7 Å². The van der Waals surface area contributed by atoms with Gasteiger partial charge in [0.1, 0.15) is 5.76 Å². The van der Waals surface area contributed by atoms with Crippen LogP contribution in [0.3, 0.4) is 0 Å². The molecule has 3 aromatic rings. The molecule has 0 unspecified atom stereocenters. The Morgan fingerprint density at radius 1 is 1.24 bits per heavy atom. The maximum Gasteiger partial charge on any atom is 0.273 e. The lowest BCUT2D eigenvalue weighted by atomic mass is 10.1. The zero-order valence-corrected chi connectivity index (χ0v) is 14.4. The van der Waals surface area contributed by atoms with E-state index in [4.69, 9.17) is 4.42 Å². The third-order valence-corrected chi connectivity index (χ3v) is 4.63. The molecule has 0 fully saturated rings. The van der Waals surface area contributed by atoms with E-state index in [0.717, 1.165) is 5.56 Å². The van der Waals surface area contributed by atoms with Crippen molar-refractivity contribution >= 4 is 22.9 Å². The second-order valence-corrected chi connectivity index (χ2v) is 6.36. The molecule has 0 aliphatic carbocycles. The Morgan fingerprint density at radius 2 is 2.08 bits per heavy atom. The molecular formula is C18H16N2O4S. The predicted molar refractivity (Wildman–Crippen MR) is 94.4 cm³/mol. The summed E-state index contributed by atoms with van der Waals surface area (Å²) >= 11 is 1.56. The number of nitro benzene ring substituents is 1. The number of carbonyl (C=O) groups is 1. The first-order valence-electron chi connectivity index (χ1n) is 7.63. The van der Waals surface area contributed by atoms with Crippen LogP contribution in [0.25, 0.3) is 0 Å². The lowest BCUT2D eigenvalue weighted by molar-refractivity contribution is -0.385. The minimum atomic E-state index is -0.470. The number of benzene rings is 1. The minimum Gasteiger partial charge on any atom is -0.467 e. The standard InChI is InChI=1S/C18H16N2O4S/c1-13-16(5-2-6-17(13)20(22)23)18(21)19(10-14-7-9-25-12-14)11-15-4-3-8-24-15/h2-9,12H,10-11H2,1H3. The smallest absolute Gasteiger partial charge is 0.273 e. The van der Waals surface area contributed by atoms with Gasteiger partial charge in [-0.1, -0.05) is 6.07 Å². The Morgan fingerprint density at radius 3 is 2.72 bits per heavy atom. The molecule has 0 N–H and O–H groups in total. The maximum atomic E-state index is 13.1. The highest BCUT2D eigenvalue weighted by atomic mass is 32.1. The SMILES string of the molecule is Cc1c(C(=O)N(Cc2ccsc2)Cc2ccco2)cccc1[N+](=O)[O-]. The Labute approximate surface area is 148 Å². The van der Waals surface area contributed by atoms with Gasteiger partial charge < -0.3 is 9.32 Å². The van der Waals surface area contributed by atoms with Crippen molar-refractivity contribution in [2.45, 2.75) is 20.0 Å². The van der Waals surface area contributed by atoms with Crippen LogP contribution in [-0.2, 0) is 13.1 Å². The van der Waals surface area contributed by atoms with Gasteiger partial charge in [-0.25, -0.2) is 0 Å². The summed E-state index contributed by atoms with van der Waals surface area (Å²) in [5.41, 5.74) is 1.65. The van der Waals surface area contributed by atoms with Gasteiger partial charge in [-0.05, 0) is 47.5 Å². The second-order valence-electron chi connectivity index (χ2n) is 5.58. The molecule has 0 bridgehead atoms. The average Bonchev–Trinajstić information content (AvgIpc) is 3.27. The quantitative estimate of drug-likeness (QED) is 0.484. The number of amides is 1. The Hall–Kier alpha value is -2.93. The van der Waals surface area contributed by atoms with E-state index < -0.39 is 4.92 Å². The van der Waals surface area contributed by atoms with Gasteiger partial charge in [-0.15, -0.1) is 0 Å². The maximum absolute atomic E-state index is 13.1. The summed E-state index contributed by atoms with van der Waals surface area (Å²) in [4.78, 5) is 25.4. The molecule has 6 nitrogen and oxygen atoms in total. The average molecular weight is 356 g/mol. The molecule has 0 spiro atoms. The van der Waals surface area contributed by atoms with Crippen LogP contribution >= 0.6 is 11.3 Å². The highest BCUT2D eigenvalue weighted by molar-refractivity contribution is 7.07. The molecule has 0 saturated carbocycles. The van der Waals surface area contributed by atoms with Crippen molar-refractivity contribution < 1.29 is 14.1 Å². The molecular weight excluding hydrogens is 340 g/mol. The fraction of sp³-hybridized carbons (Fsp3) is 0.167. The number of nitrogens with zero attached hydrogens (tertiary/aromatic N) is 2. The number of carbonyl (C=O) groups excluding carboxylic acids is 1. The molecule has 2 heterocycles. The van der Waals surface area contributed by atoms with Crippen molar-refractivity contribution in [2.24, 2.45) is 0 Å². The summed E-state index contributed by atoms with van der Waals surface area (Å²) in [5.74, 6) is 0.399. The second kappa shape index (κ2) is 7.31. The van der Waals surface area contributed by atoms with Gasteiger partial charge in [-0.3, -0.25) is 14.9 Å². The van der Waals surface area contributed by atoms with Gasteiger partial charge in [0.05, 0.1) is 17.7 Å². The molecule has 128 valence electrons. The van der Waals surface area contributed by atoms with E-state index in [0.29, 0.717) is 30.0 Å². The molecule has 0 aliphatic heterocycles. The van der Waals surface area contributed by atoms with E-state index >= 15 is 0 Å². The highest BCUT2D eigenvalue weighted by Gasteiger charge is 2.23. The lowest BCUT2D eigenvalue weighted by Crippen LogP contribution is -2.30. The number of hydrogen-bond acceptors (Lipinski definition) is 5. The van der Waals surface area contributed by atoms with E-state index in [2.05, 4.69) is 0 Å². The van der Waals surface area contributed by atoms with E-state index in [9.17, 15) is 14.9 Å². The molecule has 1 aromatic carbocycles. The van der Waals surface area contributed by atoms with Gasteiger partial charge in [0.2, 0.25) is 0 Å². The molecule has 3 rings (SSSR count). The van der Waals surface area contributed by atoms with Crippen LogP contribution in [0.2, 0.25) is 0 Å². The highest BCUT2D eigenvalue weighted by Crippen LogP contribution is 2.24. The zero-order chi connectivity index (χ0) is 17.8. The third-order valence-electron chi connectivity index (χ3n) is 3.90. The molecule has 7 heteroatoms. The normalized spacial score (nSPS) is 10.6. The molecule has 0 aliphatic rings. The number of nitro groups is 1. The molecule has 0 saturated heterocycles. The molecule has 0 radical (unpaired) electrons. The van der Waals surface area contributed by atoms with Crippen molar-refractivity contribution in [3.8, 4) is 0 Å². The van der Waals surface area contributed by atoms with Crippen LogP contribution in [-0.4, -0.2) is 15.7 Å². The van der Waals surface area contributed by atoms with Gasteiger partial charge in [0.25, 0.3) is 11.6 Å². The largest absolute Gasteiger partial charge is 0.467 e. The van der Waals surface area contributed by atoms with Crippen molar-refractivity contribution in [2.75, 3.05) is 0 Å². The summed E-state index contributed by atoms with van der Waals surface area (Å²) in [5, 5.41) is 15.1. The minimum absolute atomic E-state index is 0.0562. The number of hydrogen-bond donors (Lipinski definition) is 0. The third kappa shape index (κ3) is 3.77. The molecule has 1 amide bonds. The summed E-state index contributed by atoms with van der Waals surface area (Å²) in [6.45, 7) is 2.30. The first-order valence-corrected chi connectivity index (χ1v) is 8.57. The van der Waals surface area contributed by atoms with Gasteiger partial charge >= 0.3 is 0 Å². The van der Waals surface area contributed by atoms with Crippen LogP contribution in [0, 0.1) is 17.0 Å². The summed E-state index contributed by atoms with van der Waals surface area (Å²) in [6, 6.07) is 10.1. The Balaban J connectivity index is 1.93. The van der Waals surface area contributed by atoms with E-state index in [1.807, 2.05) is 16.8 Å². The number of furan rings is 1. The van der Waals surface area contributed by atoms with Crippen molar-refractivity contribution in [3.05, 3.63) is 86.0 Å². The van der Waals surface area contributed by atoms with Gasteiger partial charge in [0.15, 0.2) is 0 Å². The van der Waals surface area contributed by atoms with Crippen LogP contribution in [0.4, 0.5) is 5.69 Å². The van der Waals surface area contributed by atoms with E-state index in [1.165, 1.54) is 12.1 Å². The summed E-state index contributed by atoms with van der Waals surface area (Å²) in [6.07, 6.45) is 1.56. The van der Waals surface area contributed by atoms with Crippen molar-refractivity contribution in [3.63, 3.8) is 0 Å². The molecule has 0 atom stereocenters. The fourth-order valence-corrected chi connectivity index (χ4v) is 3.28. The van der Waals surface area contributed by atoms with Crippen LogP contribution in [0.1, 0.15) is 27.2 Å². The summed E-state index contributed by atoms with van der Waals surface area (Å²) < 4.78 is 5.36. The first kappa shape index (κ1) is 16.9. The Kier molecular flexibility index (Phi) is 4.95. The summed E-state index contributed by atoms with van der Waals surface area (Å²) in [7, 11) is 0. The predicted octanol–water partition coefficient (Wildman–Crippen LogP) is 4.40. The zero-order valence-electron chi connectivity index (χ0n) is 13.5. The Bertz CT molecular complexity index is 836. The first-order chi connectivity index (χ1) is 12.1. The van der Waals surface area contributed by atoms with E-state index in [1.54, 1.807) is 47.6 Å². The lowest BCUT2D eigenvalue weighted by Gasteiger charge is -2.22. The molecule has 25 heavy (non-hydrogen) atoms. The van der Waals surface area contributed by atoms with Crippen LogP contribution in [0.15, 0.2) is 57.8 Å². The molecule has 2 aromatic heterocycles. The van der Waals surface area contributed by atoms with Crippen molar-refractivity contribution in [1.82, 2.24) is 4.90 Å². The van der Waals surface area contributed by atoms with E-state index in [-0.39, 0.29) is 11.6 Å². The fourth-order valence-electron chi connectivity index (χ4n) is 2.62. The van der Waals surface area contributed by atoms with Crippen LogP contribution < -0.4 is 0 Å². The monoisotopic (exact) mass is 356 g/mol. The van der Waals surface area contributed by atoms with Crippen LogP contribution in [0.5, 0.6) is 0 Å². The topological polar surface area (TPSA) is 76.6 Å².